The summed E-state index contributed by atoms with van der Waals surface area (Å²) in [5, 5.41) is 6.89. The number of aromatic nitrogens is 2. The molecule has 1 aromatic carbocycles. The summed E-state index contributed by atoms with van der Waals surface area (Å²) in [6.45, 7) is -0.391. The Morgan fingerprint density at radius 3 is 2.35 bits per heavy atom. The summed E-state index contributed by atoms with van der Waals surface area (Å²) < 4.78 is 90.6. The van der Waals surface area contributed by atoms with Crippen molar-refractivity contribution >= 4 is 39.3 Å². The lowest BCUT2D eigenvalue weighted by Crippen LogP contribution is -2.34. The van der Waals surface area contributed by atoms with E-state index in [0.29, 0.717) is 24.6 Å². The van der Waals surface area contributed by atoms with Gasteiger partial charge < -0.3 is 11.1 Å². The second kappa shape index (κ2) is 13.8. The number of rotatable bonds is 13. The smallest absolute Gasteiger partial charge is 0.364 e. The van der Waals surface area contributed by atoms with Gasteiger partial charge in [0.2, 0.25) is 22.4 Å². The van der Waals surface area contributed by atoms with E-state index in [0.717, 1.165) is 19.3 Å². The molecule has 0 saturated heterocycles. The van der Waals surface area contributed by atoms with Crippen LogP contribution in [-0.4, -0.2) is 54.9 Å². The van der Waals surface area contributed by atoms with Crippen LogP contribution in [-0.2, 0) is 14.8 Å². The van der Waals surface area contributed by atoms with Crippen molar-refractivity contribution in [3.8, 4) is 0 Å². The number of primary amides is 1. The van der Waals surface area contributed by atoms with E-state index in [-0.39, 0.29) is 27.1 Å². The molecule has 1 aliphatic rings. The van der Waals surface area contributed by atoms with Gasteiger partial charge in [-0.05, 0) is 49.4 Å². The maximum Gasteiger partial charge on any atom is 0.389 e. The third kappa shape index (κ3) is 9.16. The molecule has 0 spiro atoms. The first-order valence-corrected chi connectivity index (χ1v) is 15.0. The quantitative estimate of drug-likeness (QED) is 0.170. The van der Waals surface area contributed by atoms with E-state index in [9.17, 15) is 40.0 Å². The van der Waals surface area contributed by atoms with Gasteiger partial charge in [-0.1, -0.05) is 19.3 Å². The number of carbonyl (C=O) groups excluding carboxylic acids is 2. The van der Waals surface area contributed by atoms with Gasteiger partial charge in [-0.3, -0.25) is 14.3 Å². The molecule has 222 valence electrons. The lowest BCUT2D eigenvalue weighted by Gasteiger charge is -2.29. The minimum absolute atomic E-state index is 0.138. The van der Waals surface area contributed by atoms with Gasteiger partial charge in [0.15, 0.2) is 5.69 Å². The Kier molecular flexibility index (Phi) is 10.9. The predicted octanol–water partition coefficient (Wildman–Crippen LogP) is 4.72. The summed E-state index contributed by atoms with van der Waals surface area (Å²) in [7, 11) is -4.07. The molecule has 2 amide bonds. The molecular formula is C24H30F5N5O4S2. The van der Waals surface area contributed by atoms with Gasteiger partial charge in [0, 0.05) is 24.8 Å². The number of thioether (sulfide) groups is 1. The van der Waals surface area contributed by atoms with Crippen molar-refractivity contribution in [2.75, 3.05) is 17.6 Å². The third-order valence-corrected chi connectivity index (χ3v) is 8.81. The van der Waals surface area contributed by atoms with Gasteiger partial charge in [0.05, 0.1) is 15.5 Å². The standard InChI is InChI=1S/C24H30F5N5O4S2/c25-19(26)14-39-18-13-34(33-20(18)22(30)35)21(15-5-2-1-3-6-15)23(36)32-16-7-9-17(10-8-16)40(37,38)31-12-4-11-24(27,28)29/h7-10,13,15,19,21,31H,1-6,11-12,14H2,(H2,30,35)(H,32,36)/t21-/m0/s1. The lowest BCUT2D eigenvalue weighted by molar-refractivity contribution is -0.135. The van der Waals surface area contributed by atoms with Crippen LogP contribution in [0.4, 0.5) is 27.6 Å². The van der Waals surface area contributed by atoms with E-state index < -0.39 is 65.6 Å². The number of hydrogen-bond donors (Lipinski definition) is 3. The maximum atomic E-state index is 13.5. The van der Waals surface area contributed by atoms with Gasteiger partial charge in [0.25, 0.3) is 5.91 Å². The van der Waals surface area contributed by atoms with Crippen molar-refractivity contribution in [3.63, 3.8) is 0 Å². The third-order valence-electron chi connectivity index (χ3n) is 6.31. The molecule has 0 aliphatic heterocycles. The second-order valence-corrected chi connectivity index (χ2v) is 12.2. The van der Waals surface area contributed by atoms with E-state index in [1.165, 1.54) is 35.1 Å². The molecule has 0 radical (unpaired) electrons. The van der Waals surface area contributed by atoms with Gasteiger partial charge in [-0.2, -0.15) is 18.3 Å². The largest absolute Gasteiger partial charge is 0.389 e. The summed E-state index contributed by atoms with van der Waals surface area (Å²) in [5.74, 6) is -2.17. The van der Waals surface area contributed by atoms with Crippen molar-refractivity contribution in [1.29, 1.82) is 0 Å². The fraction of sp³-hybridized carbons (Fsp3) is 0.542. The van der Waals surface area contributed by atoms with E-state index in [1.54, 1.807) is 0 Å². The topological polar surface area (TPSA) is 136 Å². The minimum Gasteiger partial charge on any atom is -0.364 e. The number of nitrogens with zero attached hydrogens (tertiary/aromatic N) is 2. The predicted molar refractivity (Wildman–Crippen MR) is 139 cm³/mol. The van der Waals surface area contributed by atoms with Gasteiger partial charge in [-0.25, -0.2) is 21.9 Å². The van der Waals surface area contributed by atoms with Gasteiger partial charge in [0.1, 0.15) is 6.04 Å². The average Bonchev–Trinajstić information content (AvgIpc) is 3.30. The lowest BCUT2D eigenvalue weighted by atomic mass is 9.83. The molecule has 2 aromatic rings. The summed E-state index contributed by atoms with van der Waals surface area (Å²) in [6, 6.07) is 4.19. The van der Waals surface area contributed by atoms with Gasteiger partial charge in [-0.15, -0.1) is 11.8 Å². The van der Waals surface area contributed by atoms with Crippen molar-refractivity contribution in [2.45, 2.75) is 73.4 Å². The molecule has 4 N–H and O–H groups in total. The van der Waals surface area contributed by atoms with Crippen LogP contribution in [0.15, 0.2) is 40.3 Å². The molecule has 1 heterocycles. The first-order chi connectivity index (χ1) is 18.8. The van der Waals surface area contributed by atoms with Gasteiger partial charge >= 0.3 is 6.18 Å². The number of hydrogen-bond acceptors (Lipinski definition) is 6. The molecule has 1 atom stereocenters. The summed E-state index contributed by atoms with van der Waals surface area (Å²) in [6.07, 6.45) is -3.06. The fourth-order valence-corrected chi connectivity index (χ4v) is 6.30. The summed E-state index contributed by atoms with van der Waals surface area (Å²) in [4.78, 5) is 25.3. The summed E-state index contributed by atoms with van der Waals surface area (Å²) in [5.41, 5.74) is 5.43. The van der Waals surface area contributed by atoms with Crippen LogP contribution in [0.5, 0.6) is 0 Å². The van der Waals surface area contributed by atoms with Crippen molar-refractivity contribution in [2.24, 2.45) is 11.7 Å². The van der Waals surface area contributed by atoms with Crippen molar-refractivity contribution < 1.29 is 40.0 Å². The Balaban J connectivity index is 1.77. The number of sulfonamides is 1. The Morgan fingerprint density at radius 1 is 1.12 bits per heavy atom. The molecule has 1 aliphatic carbocycles. The zero-order valence-corrected chi connectivity index (χ0v) is 22.9. The van der Waals surface area contributed by atoms with Crippen LogP contribution in [0, 0.1) is 5.92 Å². The number of anilines is 1. The minimum atomic E-state index is -4.38. The van der Waals surface area contributed by atoms with E-state index in [4.69, 9.17) is 5.73 Å². The van der Waals surface area contributed by atoms with Crippen LogP contribution in [0.3, 0.4) is 0 Å². The van der Waals surface area contributed by atoms with E-state index >= 15 is 0 Å². The molecule has 1 fully saturated rings. The maximum absolute atomic E-state index is 13.5. The number of halogens is 5. The van der Waals surface area contributed by atoms with Crippen LogP contribution < -0.4 is 15.8 Å². The molecule has 16 heteroatoms. The highest BCUT2D eigenvalue weighted by Gasteiger charge is 2.33. The number of benzene rings is 1. The Morgan fingerprint density at radius 2 is 1.77 bits per heavy atom. The highest BCUT2D eigenvalue weighted by atomic mass is 32.2. The zero-order valence-electron chi connectivity index (χ0n) is 21.3. The first-order valence-electron chi connectivity index (χ1n) is 12.5. The van der Waals surface area contributed by atoms with E-state index in [2.05, 4.69) is 15.1 Å². The second-order valence-electron chi connectivity index (χ2n) is 9.36. The number of nitrogens with two attached hydrogens (primary N) is 1. The van der Waals surface area contributed by atoms with Crippen molar-refractivity contribution in [3.05, 3.63) is 36.2 Å². The Labute approximate surface area is 232 Å². The zero-order chi connectivity index (χ0) is 29.5. The highest BCUT2D eigenvalue weighted by Crippen LogP contribution is 2.35. The Hall–Kier alpha value is -2.72. The number of alkyl halides is 5. The SMILES string of the molecule is NC(=O)c1nn([C@H](C(=O)Nc2ccc(S(=O)(=O)NCCCC(F)(F)F)cc2)C2CCCCC2)cc1SCC(F)F. The number of nitrogens with one attached hydrogen (secondary N) is 2. The number of amides is 2. The Bertz CT molecular complexity index is 1260. The van der Waals surface area contributed by atoms with Crippen LogP contribution in [0.1, 0.15) is 61.5 Å². The van der Waals surface area contributed by atoms with Crippen LogP contribution in [0.2, 0.25) is 0 Å². The molecule has 9 nitrogen and oxygen atoms in total. The van der Waals surface area contributed by atoms with Crippen LogP contribution >= 0.6 is 11.8 Å². The molecule has 1 aromatic heterocycles. The average molecular weight is 612 g/mol. The van der Waals surface area contributed by atoms with Crippen LogP contribution in [0.25, 0.3) is 0 Å². The fourth-order valence-electron chi connectivity index (χ4n) is 4.46. The molecule has 0 bridgehead atoms. The molecule has 1 saturated carbocycles. The normalized spacial score (nSPS) is 15.8. The van der Waals surface area contributed by atoms with Crippen molar-refractivity contribution in [1.82, 2.24) is 14.5 Å². The first kappa shape index (κ1) is 31.8. The summed E-state index contributed by atoms with van der Waals surface area (Å²) >= 11 is 0.712. The highest BCUT2D eigenvalue weighted by molar-refractivity contribution is 7.99. The monoisotopic (exact) mass is 611 g/mol. The van der Waals surface area contributed by atoms with E-state index in [1.807, 2.05) is 0 Å². The molecule has 3 rings (SSSR count). The molecule has 40 heavy (non-hydrogen) atoms. The number of carbonyl (C=O) groups is 2. The molecular weight excluding hydrogens is 581 g/mol. The molecule has 0 unspecified atom stereocenters.